The van der Waals surface area contributed by atoms with Crippen LogP contribution in [0.15, 0.2) is 59.8 Å². The van der Waals surface area contributed by atoms with Gasteiger partial charge in [0.15, 0.2) is 10.9 Å². The van der Waals surface area contributed by atoms with Gasteiger partial charge in [-0.25, -0.2) is 0 Å². The van der Waals surface area contributed by atoms with Gasteiger partial charge >= 0.3 is 0 Å². The zero-order valence-electron chi connectivity index (χ0n) is 16.0. The van der Waals surface area contributed by atoms with Crippen molar-refractivity contribution in [2.75, 3.05) is 12.3 Å². The number of Topliss-reactive ketones (excluding diaryl/α,β-unsaturated/α-hetero) is 1. The van der Waals surface area contributed by atoms with Crippen LogP contribution in [0.3, 0.4) is 0 Å². The van der Waals surface area contributed by atoms with E-state index in [0.29, 0.717) is 28.7 Å². The third kappa shape index (κ3) is 5.92. The van der Waals surface area contributed by atoms with E-state index in [1.54, 1.807) is 24.3 Å². The van der Waals surface area contributed by atoms with Gasteiger partial charge in [0.25, 0.3) is 0 Å². The minimum atomic E-state index is -0.0496. The van der Waals surface area contributed by atoms with Crippen LogP contribution >= 0.6 is 23.4 Å². The Kier molecular flexibility index (Phi) is 7.43. The fourth-order valence-corrected chi connectivity index (χ4v) is 3.74. The maximum absolute atomic E-state index is 12.5. The minimum absolute atomic E-state index is 0.00138. The van der Waals surface area contributed by atoms with Crippen LogP contribution in [-0.4, -0.2) is 38.8 Å². The van der Waals surface area contributed by atoms with Crippen LogP contribution in [0.5, 0.6) is 0 Å². The van der Waals surface area contributed by atoms with E-state index in [4.69, 9.17) is 11.6 Å². The summed E-state index contributed by atoms with van der Waals surface area (Å²) in [4.78, 5) is 23.5. The molecule has 0 saturated heterocycles. The van der Waals surface area contributed by atoms with Gasteiger partial charge in [-0.3, -0.25) is 14.2 Å². The van der Waals surface area contributed by atoms with Gasteiger partial charge in [0.1, 0.15) is 5.82 Å². The summed E-state index contributed by atoms with van der Waals surface area (Å²) in [6, 6.07) is 16.7. The number of para-hydroxylation sites is 1. The van der Waals surface area contributed by atoms with Crippen LogP contribution in [0, 0.1) is 0 Å². The Morgan fingerprint density at radius 3 is 2.48 bits per heavy atom. The smallest absolute Gasteiger partial charge is 0.216 e. The average Bonchev–Trinajstić information content (AvgIpc) is 3.13. The zero-order chi connectivity index (χ0) is 20.6. The Hall–Kier alpha value is -2.64. The van der Waals surface area contributed by atoms with Gasteiger partial charge in [0.05, 0.1) is 5.75 Å². The normalized spacial score (nSPS) is 10.7. The molecular formula is C21H21ClN4O2S. The molecule has 0 bridgehead atoms. The molecule has 1 amide bonds. The molecule has 0 spiro atoms. The van der Waals surface area contributed by atoms with Crippen molar-refractivity contribution < 1.29 is 9.59 Å². The first-order valence-corrected chi connectivity index (χ1v) is 10.6. The van der Waals surface area contributed by atoms with Gasteiger partial charge in [-0.05, 0) is 42.8 Å². The first-order chi connectivity index (χ1) is 14.0. The van der Waals surface area contributed by atoms with Crippen LogP contribution in [0.4, 0.5) is 0 Å². The molecule has 8 heteroatoms. The van der Waals surface area contributed by atoms with E-state index in [9.17, 15) is 9.59 Å². The molecule has 3 aromatic rings. The molecular weight excluding hydrogens is 408 g/mol. The summed E-state index contributed by atoms with van der Waals surface area (Å²) < 4.78 is 1.97. The number of aryl methyl sites for hydroxylation is 1. The molecule has 0 aliphatic rings. The van der Waals surface area contributed by atoms with Gasteiger partial charge in [-0.2, -0.15) is 0 Å². The van der Waals surface area contributed by atoms with E-state index in [2.05, 4.69) is 15.5 Å². The van der Waals surface area contributed by atoms with E-state index in [1.165, 1.54) is 18.7 Å². The number of hydrogen-bond acceptors (Lipinski definition) is 5. The van der Waals surface area contributed by atoms with Crippen LogP contribution in [0.2, 0.25) is 5.02 Å². The molecule has 1 N–H and O–H groups in total. The van der Waals surface area contributed by atoms with E-state index >= 15 is 0 Å². The molecule has 150 valence electrons. The van der Waals surface area contributed by atoms with Crippen LogP contribution in [-0.2, 0) is 11.2 Å². The van der Waals surface area contributed by atoms with Gasteiger partial charge in [0, 0.05) is 36.2 Å². The molecule has 0 aliphatic heterocycles. The maximum Gasteiger partial charge on any atom is 0.216 e. The summed E-state index contributed by atoms with van der Waals surface area (Å²) in [5.41, 5.74) is 1.55. The lowest BCUT2D eigenvalue weighted by Crippen LogP contribution is -2.21. The molecule has 29 heavy (non-hydrogen) atoms. The highest BCUT2D eigenvalue weighted by atomic mass is 35.5. The Bertz CT molecular complexity index is 974. The lowest BCUT2D eigenvalue weighted by molar-refractivity contribution is -0.118. The number of rotatable bonds is 9. The summed E-state index contributed by atoms with van der Waals surface area (Å²) in [5, 5.41) is 12.7. The Morgan fingerprint density at radius 1 is 1.07 bits per heavy atom. The van der Waals surface area contributed by atoms with Gasteiger partial charge in [-0.1, -0.05) is 41.6 Å². The van der Waals surface area contributed by atoms with Crippen molar-refractivity contribution in [3.63, 3.8) is 0 Å². The number of halogens is 1. The number of carbonyl (C=O) groups is 2. The van der Waals surface area contributed by atoms with Gasteiger partial charge in [0.2, 0.25) is 5.91 Å². The molecule has 6 nitrogen and oxygen atoms in total. The van der Waals surface area contributed by atoms with Crippen molar-refractivity contribution >= 4 is 35.1 Å². The average molecular weight is 429 g/mol. The third-order valence-electron chi connectivity index (χ3n) is 4.16. The van der Waals surface area contributed by atoms with Crippen molar-refractivity contribution in [1.29, 1.82) is 0 Å². The quantitative estimate of drug-likeness (QED) is 0.317. The number of carbonyl (C=O) groups excluding carboxylic acids is 2. The van der Waals surface area contributed by atoms with Crippen LogP contribution in [0.1, 0.15) is 29.5 Å². The zero-order valence-corrected chi connectivity index (χ0v) is 17.5. The highest BCUT2D eigenvalue weighted by Crippen LogP contribution is 2.24. The molecule has 0 atom stereocenters. The summed E-state index contributed by atoms with van der Waals surface area (Å²) in [6.45, 7) is 2.08. The van der Waals surface area contributed by atoms with Crippen molar-refractivity contribution in [3.05, 3.63) is 71.0 Å². The van der Waals surface area contributed by atoms with E-state index in [-0.39, 0.29) is 17.4 Å². The van der Waals surface area contributed by atoms with Gasteiger partial charge in [-0.15, -0.1) is 10.2 Å². The highest BCUT2D eigenvalue weighted by Gasteiger charge is 2.16. The Labute approximate surface area is 178 Å². The lowest BCUT2D eigenvalue weighted by atomic mass is 10.1. The maximum atomic E-state index is 12.5. The van der Waals surface area contributed by atoms with Crippen molar-refractivity contribution in [2.24, 2.45) is 0 Å². The molecule has 1 aromatic heterocycles. The predicted molar refractivity (Wildman–Crippen MR) is 115 cm³/mol. The van der Waals surface area contributed by atoms with Crippen LogP contribution < -0.4 is 5.32 Å². The summed E-state index contributed by atoms with van der Waals surface area (Å²) in [5.74, 6) is 0.995. The second-order valence-electron chi connectivity index (χ2n) is 6.38. The molecule has 0 radical (unpaired) electrons. The number of nitrogens with zero attached hydrogens (tertiary/aromatic N) is 3. The molecule has 0 saturated carbocycles. The summed E-state index contributed by atoms with van der Waals surface area (Å²) in [6.07, 6.45) is 1.41. The van der Waals surface area contributed by atoms with E-state index in [0.717, 1.165) is 17.9 Å². The monoisotopic (exact) mass is 428 g/mol. The largest absolute Gasteiger partial charge is 0.356 e. The third-order valence-corrected chi connectivity index (χ3v) is 5.35. The molecule has 3 rings (SSSR count). The highest BCUT2D eigenvalue weighted by molar-refractivity contribution is 7.99. The van der Waals surface area contributed by atoms with Gasteiger partial charge < -0.3 is 5.32 Å². The first-order valence-electron chi connectivity index (χ1n) is 9.20. The lowest BCUT2D eigenvalue weighted by Gasteiger charge is -2.10. The number of benzene rings is 2. The second kappa shape index (κ2) is 10.2. The summed E-state index contributed by atoms with van der Waals surface area (Å²) >= 11 is 7.24. The Balaban J connectivity index is 1.74. The molecule has 0 fully saturated rings. The fourth-order valence-electron chi connectivity index (χ4n) is 2.75. The van der Waals surface area contributed by atoms with Crippen molar-refractivity contribution in [2.45, 2.75) is 24.9 Å². The number of nitrogens with one attached hydrogen (secondary N) is 1. The fraction of sp³-hybridized carbons (Fsp3) is 0.238. The first kappa shape index (κ1) is 21.1. The predicted octanol–water partition coefficient (Wildman–Crippen LogP) is 3.96. The molecule has 2 aromatic carbocycles. The number of thioether (sulfide) groups is 1. The number of hydrogen-bond donors (Lipinski definition) is 1. The van der Waals surface area contributed by atoms with Crippen molar-refractivity contribution in [3.8, 4) is 5.69 Å². The summed E-state index contributed by atoms with van der Waals surface area (Å²) in [7, 11) is 0. The van der Waals surface area contributed by atoms with Crippen molar-refractivity contribution in [1.82, 2.24) is 20.1 Å². The Morgan fingerprint density at radius 2 is 1.79 bits per heavy atom. The SMILES string of the molecule is CC(=O)NCCCc1nnc(SCC(=O)c2ccc(Cl)cc2)n1-c1ccccc1. The second-order valence-corrected chi connectivity index (χ2v) is 7.75. The number of aromatic nitrogens is 3. The number of ketones is 1. The van der Waals surface area contributed by atoms with E-state index < -0.39 is 0 Å². The number of amides is 1. The topological polar surface area (TPSA) is 76.9 Å². The van der Waals surface area contributed by atoms with E-state index in [1.807, 2.05) is 34.9 Å². The van der Waals surface area contributed by atoms with Crippen LogP contribution in [0.25, 0.3) is 5.69 Å². The molecule has 0 aliphatic carbocycles. The molecule has 1 heterocycles. The minimum Gasteiger partial charge on any atom is -0.356 e. The molecule has 0 unspecified atom stereocenters. The standard InChI is InChI=1S/C21H21ClN4O2S/c1-15(27)23-13-5-8-20-24-25-21(26(20)18-6-3-2-4-7-18)29-14-19(28)16-9-11-17(22)12-10-16/h2-4,6-7,9-12H,5,8,13-14H2,1H3,(H,23,27).